The van der Waals surface area contributed by atoms with Gasteiger partial charge in [-0.3, -0.25) is 9.59 Å². The maximum atomic E-state index is 12.9. The van der Waals surface area contributed by atoms with Crippen LogP contribution in [0, 0.1) is 11.3 Å². The molecule has 1 heterocycles. The molecule has 2 atom stereocenters. The first-order chi connectivity index (χ1) is 10.6. The highest BCUT2D eigenvalue weighted by atomic mass is 35.5. The van der Waals surface area contributed by atoms with Crippen LogP contribution in [0.4, 0.5) is 0 Å². The highest BCUT2D eigenvalue weighted by molar-refractivity contribution is 5.89. The molecule has 7 heteroatoms. The SMILES string of the molecule is CCOC1CC(N)(C(=O)N2CCN(C(=O)C(C)C)CC2)C1(C)C.Cl. The third kappa shape index (κ3) is 3.41. The zero-order chi connectivity index (χ0) is 17.4. The Morgan fingerprint density at radius 2 is 1.67 bits per heavy atom. The zero-order valence-corrected chi connectivity index (χ0v) is 16.3. The molecule has 1 saturated heterocycles. The molecular weight excluding hydrogens is 330 g/mol. The smallest absolute Gasteiger partial charge is 0.243 e. The van der Waals surface area contributed by atoms with Gasteiger partial charge in [0.1, 0.15) is 5.54 Å². The summed E-state index contributed by atoms with van der Waals surface area (Å²) in [5.41, 5.74) is 5.23. The van der Waals surface area contributed by atoms with Crippen LogP contribution in [0.5, 0.6) is 0 Å². The van der Waals surface area contributed by atoms with Gasteiger partial charge in [-0.2, -0.15) is 0 Å². The Bertz CT molecular complexity index is 476. The van der Waals surface area contributed by atoms with Gasteiger partial charge < -0.3 is 20.3 Å². The summed E-state index contributed by atoms with van der Waals surface area (Å²) in [6.45, 7) is 12.7. The Morgan fingerprint density at radius 3 is 2.08 bits per heavy atom. The number of ether oxygens (including phenoxy) is 1. The van der Waals surface area contributed by atoms with Crippen molar-refractivity contribution in [3.8, 4) is 0 Å². The van der Waals surface area contributed by atoms with Crippen molar-refractivity contribution in [3.63, 3.8) is 0 Å². The van der Waals surface area contributed by atoms with E-state index < -0.39 is 5.54 Å². The molecule has 0 aromatic rings. The Morgan fingerprint density at radius 1 is 1.17 bits per heavy atom. The lowest BCUT2D eigenvalue weighted by atomic mass is 9.54. The standard InChI is InChI=1S/C17H31N3O3.ClH/c1-6-23-13-11-17(18,16(13,4)5)15(22)20-9-7-19(8-10-20)14(21)12(2)3;/h12-13H,6-11,18H2,1-5H3;1H. The molecule has 1 aliphatic heterocycles. The molecule has 6 nitrogen and oxygen atoms in total. The van der Waals surface area contributed by atoms with Gasteiger partial charge in [0.25, 0.3) is 0 Å². The van der Waals surface area contributed by atoms with E-state index >= 15 is 0 Å². The molecule has 0 aromatic heterocycles. The van der Waals surface area contributed by atoms with Crippen molar-refractivity contribution in [3.05, 3.63) is 0 Å². The normalized spacial score (nSPS) is 29.0. The van der Waals surface area contributed by atoms with Crippen molar-refractivity contribution < 1.29 is 14.3 Å². The molecule has 0 spiro atoms. The summed E-state index contributed by atoms with van der Waals surface area (Å²) in [5.74, 6) is 0.144. The van der Waals surface area contributed by atoms with Crippen LogP contribution in [-0.2, 0) is 14.3 Å². The molecule has 0 radical (unpaired) electrons. The molecule has 0 aromatic carbocycles. The number of piperazine rings is 1. The number of hydrogen-bond donors (Lipinski definition) is 1. The van der Waals surface area contributed by atoms with Crippen LogP contribution in [0.3, 0.4) is 0 Å². The average Bonchev–Trinajstić information content (AvgIpc) is 2.53. The highest BCUT2D eigenvalue weighted by Crippen LogP contribution is 2.50. The molecule has 2 fully saturated rings. The van der Waals surface area contributed by atoms with E-state index in [2.05, 4.69) is 0 Å². The summed E-state index contributed by atoms with van der Waals surface area (Å²) in [7, 11) is 0. The van der Waals surface area contributed by atoms with Crippen LogP contribution in [0.1, 0.15) is 41.0 Å². The summed E-state index contributed by atoms with van der Waals surface area (Å²) in [5, 5.41) is 0. The van der Waals surface area contributed by atoms with Crippen molar-refractivity contribution in [1.82, 2.24) is 9.80 Å². The Hall–Kier alpha value is -0.850. The summed E-state index contributed by atoms with van der Waals surface area (Å²) >= 11 is 0. The summed E-state index contributed by atoms with van der Waals surface area (Å²) in [4.78, 5) is 28.6. The van der Waals surface area contributed by atoms with Gasteiger partial charge in [-0.1, -0.05) is 27.7 Å². The van der Waals surface area contributed by atoms with Gasteiger partial charge in [0, 0.05) is 50.5 Å². The summed E-state index contributed by atoms with van der Waals surface area (Å²) < 4.78 is 5.70. The fourth-order valence-corrected chi connectivity index (χ4v) is 3.58. The minimum absolute atomic E-state index is 0. The van der Waals surface area contributed by atoms with Crippen molar-refractivity contribution in [2.24, 2.45) is 17.1 Å². The van der Waals surface area contributed by atoms with Gasteiger partial charge in [0.2, 0.25) is 11.8 Å². The molecule has 2 N–H and O–H groups in total. The van der Waals surface area contributed by atoms with E-state index in [0.717, 1.165) is 0 Å². The van der Waals surface area contributed by atoms with Crippen LogP contribution in [0.15, 0.2) is 0 Å². The number of nitrogens with zero attached hydrogens (tertiary/aromatic N) is 2. The Labute approximate surface area is 151 Å². The van der Waals surface area contributed by atoms with Crippen molar-refractivity contribution in [1.29, 1.82) is 0 Å². The number of carbonyl (C=O) groups is 2. The second-order valence-corrected chi connectivity index (χ2v) is 7.61. The van der Waals surface area contributed by atoms with Crippen molar-refractivity contribution >= 4 is 24.2 Å². The second kappa shape index (κ2) is 7.58. The first-order valence-electron chi connectivity index (χ1n) is 8.63. The number of hydrogen-bond acceptors (Lipinski definition) is 4. The fraction of sp³-hybridized carbons (Fsp3) is 0.882. The number of rotatable bonds is 4. The molecule has 2 rings (SSSR count). The molecule has 1 saturated carbocycles. The molecule has 2 unspecified atom stereocenters. The maximum absolute atomic E-state index is 12.9. The fourth-order valence-electron chi connectivity index (χ4n) is 3.58. The lowest BCUT2D eigenvalue weighted by molar-refractivity contribution is -0.181. The minimum atomic E-state index is -0.864. The molecule has 0 bridgehead atoms. The quantitative estimate of drug-likeness (QED) is 0.818. The number of halogens is 1. The van der Waals surface area contributed by atoms with Gasteiger partial charge in [-0.25, -0.2) is 0 Å². The van der Waals surface area contributed by atoms with E-state index in [1.165, 1.54) is 0 Å². The van der Waals surface area contributed by atoms with E-state index in [-0.39, 0.29) is 41.7 Å². The summed E-state index contributed by atoms with van der Waals surface area (Å²) in [6.07, 6.45) is 0.600. The second-order valence-electron chi connectivity index (χ2n) is 7.61. The number of nitrogens with two attached hydrogens (primary N) is 1. The molecule has 1 aliphatic carbocycles. The Balaban J connectivity index is 0.00000288. The van der Waals surface area contributed by atoms with Crippen LogP contribution >= 0.6 is 12.4 Å². The van der Waals surface area contributed by atoms with E-state index in [0.29, 0.717) is 39.2 Å². The van der Waals surface area contributed by atoms with E-state index in [4.69, 9.17) is 10.5 Å². The lowest BCUT2D eigenvalue weighted by Crippen LogP contribution is -2.76. The first-order valence-corrected chi connectivity index (χ1v) is 8.63. The molecular formula is C17H32ClN3O3. The van der Waals surface area contributed by atoms with Crippen LogP contribution < -0.4 is 5.73 Å². The third-order valence-corrected chi connectivity index (χ3v) is 5.58. The number of carbonyl (C=O) groups excluding carboxylic acids is 2. The van der Waals surface area contributed by atoms with Crippen molar-refractivity contribution in [2.75, 3.05) is 32.8 Å². The van der Waals surface area contributed by atoms with Gasteiger partial charge in [0.15, 0.2) is 0 Å². The monoisotopic (exact) mass is 361 g/mol. The van der Waals surface area contributed by atoms with Gasteiger partial charge in [-0.15, -0.1) is 12.4 Å². The predicted octanol–water partition coefficient (Wildman–Crippen LogP) is 1.27. The molecule has 140 valence electrons. The molecule has 2 aliphatic rings. The zero-order valence-electron chi connectivity index (χ0n) is 15.5. The van der Waals surface area contributed by atoms with E-state index in [9.17, 15) is 9.59 Å². The highest BCUT2D eigenvalue weighted by Gasteiger charge is 2.63. The van der Waals surface area contributed by atoms with Gasteiger partial charge in [-0.05, 0) is 6.92 Å². The first kappa shape index (κ1) is 21.2. The largest absolute Gasteiger partial charge is 0.378 e. The Kier molecular flexibility index (Phi) is 6.70. The third-order valence-electron chi connectivity index (χ3n) is 5.58. The van der Waals surface area contributed by atoms with E-state index in [1.54, 1.807) is 0 Å². The summed E-state index contributed by atoms with van der Waals surface area (Å²) in [6, 6.07) is 0. The van der Waals surface area contributed by atoms with Crippen molar-refractivity contribution in [2.45, 2.75) is 52.7 Å². The topological polar surface area (TPSA) is 75.9 Å². The number of amides is 2. The lowest BCUT2D eigenvalue weighted by Gasteiger charge is -2.59. The van der Waals surface area contributed by atoms with Crippen LogP contribution in [0.2, 0.25) is 0 Å². The van der Waals surface area contributed by atoms with Gasteiger partial charge in [0.05, 0.1) is 6.10 Å². The minimum Gasteiger partial charge on any atom is -0.378 e. The average molecular weight is 362 g/mol. The van der Waals surface area contributed by atoms with Crippen LogP contribution in [-0.4, -0.2) is 66.0 Å². The molecule has 24 heavy (non-hydrogen) atoms. The van der Waals surface area contributed by atoms with E-state index in [1.807, 2.05) is 44.4 Å². The predicted molar refractivity (Wildman–Crippen MR) is 96.0 cm³/mol. The maximum Gasteiger partial charge on any atom is 0.243 e. The molecule has 2 amide bonds. The van der Waals surface area contributed by atoms with Gasteiger partial charge >= 0.3 is 0 Å². The van der Waals surface area contributed by atoms with Crippen LogP contribution in [0.25, 0.3) is 0 Å².